The highest BCUT2D eigenvalue weighted by atomic mass is 16.3. The van der Waals surface area contributed by atoms with Gasteiger partial charge in [0.1, 0.15) is 0 Å². The molecule has 0 aliphatic carbocycles. The molecule has 4 nitrogen and oxygen atoms in total. The molecule has 2 heterocycles. The zero-order valence-corrected chi connectivity index (χ0v) is 9.48. The van der Waals surface area contributed by atoms with Gasteiger partial charge in [0.15, 0.2) is 0 Å². The molecule has 0 aromatic carbocycles. The molecule has 4 heteroatoms. The summed E-state index contributed by atoms with van der Waals surface area (Å²) in [6.07, 6.45) is 2.33. The molecule has 2 fully saturated rings. The molecule has 0 unspecified atom stereocenters. The fourth-order valence-electron chi connectivity index (χ4n) is 2.15. The highest BCUT2D eigenvalue weighted by molar-refractivity contribution is 5.78. The van der Waals surface area contributed by atoms with Crippen molar-refractivity contribution in [3.63, 3.8) is 0 Å². The Kier molecular flexibility index (Phi) is 3.81. The fourth-order valence-corrected chi connectivity index (χ4v) is 2.15. The van der Waals surface area contributed by atoms with E-state index in [4.69, 9.17) is 0 Å². The summed E-state index contributed by atoms with van der Waals surface area (Å²) < 4.78 is 0. The monoisotopic (exact) mass is 222 g/mol. The molecule has 2 saturated heterocycles. The van der Waals surface area contributed by atoms with Gasteiger partial charge < -0.3 is 10.0 Å². The quantitative estimate of drug-likeness (QED) is 0.651. The lowest BCUT2D eigenvalue weighted by atomic mass is 10.3. The van der Waals surface area contributed by atoms with Crippen LogP contribution in [0, 0.1) is 11.8 Å². The topological polar surface area (TPSA) is 43.8 Å². The van der Waals surface area contributed by atoms with Crippen LogP contribution in [-0.4, -0.2) is 59.6 Å². The summed E-state index contributed by atoms with van der Waals surface area (Å²) in [6, 6.07) is 0. The van der Waals surface area contributed by atoms with Gasteiger partial charge in [-0.1, -0.05) is 11.8 Å². The fraction of sp³-hybridized carbons (Fsp3) is 0.750. The lowest BCUT2D eigenvalue weighted by Crippen LogP contribution is -2.25. The third kappa shape index (κ3) is 2.97. The Morgan fingerprint density at radius 2 is 2.12 bits per heavy atom. The number of aliphatic hydroxyl groups excluding tert-OH is 1. The van der Waals surface area contributed by atoms with E-state index in [2.05, 4.69) is 16.7 Å². The van der Waals surface area contributed by atoms with Gasteiger partial charge in [-0.2, -0.15) is 0 Å². The highest BCUT2D eigenvalue weighted by Crippen LogP contribution is 2.08. The highest BCUT2D eigenvalue weighted by Gasteiger charge is 2.19. The third-order valence-corrected chi connectivity index (χ3v) is 3.12. The predicted molar refractivity (Wildman–Crippen MR) is 60.7 cm³/mol. The molecule has 1 amide bonds. The Hall–Kier alpha value is -1.05. The molecule has 88 valence electrons. The van der Waals surface area contributed by atoms with Gasteiger partial charge in [0.2, 0.25) is 5.91 Å². The van der Waals surface area contributed by atoms with Crippen LogP contribution in [0.2, 0.25) is 0 Å². The minimum Gasteiger partial charge on any atom is -0.392 e. The zero-order valence-electron chi connectivity index (χ0n) is 9.48. The average molecular weight is 222 g/mol. The summed E-state index contributed by atoms with van der Waals surface area (Å²) in [5.41, 5.74) is 0. The van der Waals surface area contributed by atoms with Crippen LogP contribution in [0.25, 0.3) is 0 Å². The number of likely N-dealkylation sites (tertiary alicyclic amines) is 2. The van der Waals surface area contributed by atoms with Crippen LogP contribution < -0.4 is 0 Å². The lowest BCUT2D eigenvalue weighted by Gasteiger charge is -2.11. The van der Waals surface area contributed by atoms with Gasteiger partial charge >= 0.3 is 0 Å². The normalized spacial score (nSPS) is 25.9. The van der Waals surface area contributed by atoms with Crippen LogP contribution in [0.4, 0.5) is 0 Å². The molecule has 0 radical (unpaired) electrons. The Bertz CT molecular complexity index is 319. The van der Waals surface area contributed by atoms with Crippen molar-refractivity contribution >= 4 is 5.91 Å². The summed E-state index contributed by atoms with van der Waals surface area (Å²) in [4.78, 5) is 15.2. The standard InChI is InChI=1S/C12H18N2O2/c15-11-5-9-13(10-11)6-1-2-7-14-8-3-4-12(14)16/h11,15H,3-10H2/t11-/m1/s1. The molecule has 0 aromatic rings. The first kappa shape index (κ1) is 11.4. The molecule has 1 atom stereocenters. The van der Waals surface area contributed by atoms with Gasteiger partial charge in [0, 0.05) is 26.1 Å². The molecule has 16 heavy (non-hydrogen) atoms. The van der Waals surface area contributed by atoms with Gasteiger partial charge in [0.25, 0.3) is 0 Å². The van der Waals surface area contributed by atoms with Crippen LogP contribution in [0.15, 0.2) is 0 Å². The largest absolute Gasteiger partial charge is 0.392 e. The van der Waals surface area contributed by atoms with Gasteiger partial charge in [0.05, 0.1) is 19.2 Å². The van der Waals surface area contributed by atoms with Crippen LogP contribution >= 0.6 is 0 Å². The van der Waals surface area contributed by atoms with E-state index in [-0.39, 0.29) is 12.0 Å². The Morgan fingerprint density at radius 3 is 2.75 bits per heavy atom. The van der Waals surface area contributed by atoms with E-state index >= 15 is 0 Å². The number of hydrogen-bond donors (Lipinski definition) is 1. The average Bonchev–Trinajstić information content (AvgIpc) is 2.83. The minimum absolute atomic E-state index is 0.179. The molecule has 0 spiro atoms. The van der Waals surface area contributed by atoms with Crippen molar-refractivity contribution in [2.24, 2.45) is 0 Å². The predicted octanol–water partition coefficient (Wildman–Crippen LogP) is -0.321. The van der Waals surface area contributed by atoms with Crippen molar-refractivity contribution in [3.05, 3.63) is 0 Å². The number of carbonyl (C=O) groups is 1. The maximum Gasteiger partial charge on any atom is 0.223 e. The smallest absolute Gasteiger partial charge is 0.223 e. The van der Waals surface area contributed by atoms with E-state index < -0.39 is 0 Å². The van der Waals surface area contributed by atoms with Crippen molar-refractivity contribution in [2.45, 2.75) is 25.4 Å². The molecule has 0 saturated carbocycles. The van der Waals surface area contributed by atoms with Crippen LogP contribution in [0.1, 0.15) is 19.3 Å². The van der Waals surface area contributed by atoms with E-state index in [1.54, 1.807) is 0 Å². The lowest BCUT2D eigenvalue weighted by molar-refractivity contribution is -0.127. The zero-order chi connectivity index (χ0) is 11.4. The van der Waals surface area contributed by atoms with Gasteiger partial charge in [-0.15, -0.1) is 0 Å². The molecular formula is C12H18N2O2. The van der Waals surface area contributed by atoms with Crippen molar-refractivity contribution in [1.82, 2.24) is 9.80 Å². The van der Waals surface area contributed by atoms with Gasteiger partial charge in [-0.05, 0) is 12.8 Å². The molecular weight excluding hydrogens is 204 g/mol. The number of nitrogens with zero attached hydrogens (tertiary/aromatic N) is 2. The minimum atomic E-state index is -0.179. The number of carbonyl (C=O) groups excluding carboxylic acids is 1. The van der Waals surface area contributed by atoms with Crippen molar-refractivity contribution in [3.8, 4) is 11.8 Å². The van der Waals surface area contributed by atoms with Crippen molar-refractivity contribution in [2.75, 3.05) is 32.7 Å². The van der Waals surface area contributed by atoms with E-state index in [1.165, 1.54) is 0 Å². The molecule has 0 aromatic heterocycles. The first-order valence-electron chi connectivity index (χ1n) is 5.89. The first-order chi connectivity index (χ1) is 7.75. The van der Waals surface area contributed by atoms with Crippen molar-refractivity contribution < 1.29 is 9.90 Å². The molecule has 2 aliphatic rings. The molecule has 2 rings (SSSR count). The molecule has 1 N–H and O–H groups in total. The van der Waals surface area contributed by atoms with Gasteiger partial charge in [-0.25, -0.2) is 0 Å². The Balaban J connectivity index is 1.68. The number of amides is 1. The van der Waals surface area contributed by atoms with E-state index in [1.807, 2.05) is 4.90 Å². The number of β-amino-alcohol motifs (C(OH)–C–C–N with tert-alkyl or cyclic N) is 1. The van der Waals surface area contributed by atoms with E-state index in [0.29, 0.717) is 19.5 Å². The number of rotatable bonds is 2. The first-order valence-corrected chi connectivity index (χ1v) is 5.89. The van der Waals surface area contributed by atoms with E-state index in [0.717, 1.165) is 32.5 Å². The van der Waals surface area contributed by atoms with Gasteiger partial charge in [-0.3, -0.25) is 9.69 Å². The van der Waals surface area contributed by atoms with Crippen molar-refractivity contribution in [1.29, 1.82) is 0 Å². The summed E-state index contributed by atoms with van der Waals surface area (Å²) in [5.74, 6) is 6.33. The molecule has 0 bridgehead atoms. The number of hydrogen-bond acceptors (Lipinski definition) is 3. The van der Waals surface area contributed by atoms with Crippen LogP contribution in [0.3, 0.4) is 0 Å². The summed E-state index contributed by atoms with van der Waals surface area (Å²) in [7, 11) is 0. The number of aliphatic hydroxyl groups is 1. The Labute approximate surface area is 96.2 Å². The SMILES string of the molecule is O=C1CCCN1CC#CCN1CC[C@@H](O)C1. The summed E-state index contributed by atoms with van der Waals surface area (Å²) in [5, 5.41) is 9.32. The third-order valence-electron chi connectivity index (χ3n) is 3.12. The maximum atomic E-state index is 11.3. The second kappa shape index (κ2) is 5.33. The molecule has 2 aliphatic heterocycles. The van der Waals surface area contributed by atoms with E-state index in [9.17, 15) is 9.90 Å². The second-order valence-corrected chi connectivity index (χ2v) is 4.45. The summed E-state index contributed by atoms with van der Waals surface area (Å²) in [6.45, 7) is 3.79. The Morgan fingerprint density at radius 1 is 1.31 bits per heavy atom. The second-order valence-electron chi connectivity index (χ2n) is 4.45. The summed E-state index contributed by atoms with van der Waals surface area (Å²) >= 11 is 0. The van der Waals surface area contributed by atoms with Crippen LogP contribution in [-0.2, 0) is 4.79 Å². The maximum absolute atomic E-state index is 11.3. The van der Waals surface area contributed by atoms with Crippen LogP contribution in [0.5, 0.6) is 0 Å².